The normalized spacial score (nSPS) is 18.1. The van der Waals surface area contributed by atoms with Crippen LogP contribution in [0.5, 0.6) is 5.75 Å². The molecule has 1 fully saturated rings. The molecule has 4 heteroatoms. The van der Waals surface area contributed by atoms with E-state index in [1.54, 1.807) is 6.07 Å². The van der Waals surface area contributed by atoms with E-state index < -0.39 is 0 Å². The molecule has 122 valence electrons. The Labute approximate surface area is 137 Å². The molecule has 2 heterocycles. The van der Waals surface area contributed by atoms with Crippen molar-refractivity contribution in [3.8, 4) is 5.75 Å². The molecule has 1 amide bonds. The number of hydrogen-bond donors (Lipinski definition) is 1. The topological polar surface area (TPSA) is 45.5 Å². The summed E-state index contributed by atoms with van der Waals surface area (Å²) in [6, 6.07) is 11.5. The molecule has 0 spiro atoms. The van der Waals surface area contributed by atoms with Gasteiger partial charge in [0.25, 0.3) is 5.91 Å². The number of aryl methyl sites for hydroxylation is 2. The lowest BCUT2D eigenvalue weighted by molar-refractivity contribution is 0.0592. The van der Waals surface area contributed by atoms with Crippen molar-refractivity contribution in [2.24, 2.45) is 7.05 Å². The number of benzene rings is 1. The van der Waals surface area contributed by atoms with E-state index in [2.05, 4.69) is 0 Å². The fourth-order valence-electron chi connectivity index (χ4n) is 3.44. The van der Waals surface area contributed by atoms with Crippen molar-refractivity contribution >= 4 is 5.91 Å². The van der Waals surface area contributed by atoms with Gasteiger partial charge in [0.05, 0.1) is 0 Å². The molecule has 4 nitrogen and oxygen atoms in total. The van der Waals surface area contributed by atoms with Crippen molar-refractivity contribution < 1.29 is 9.90 Å². The summed E-state index contributed by atoms with van der Waals surface area (Å²) in [5.74, 6) is 0.445. The quantitative estimate of drug-likeness (QED) is 0.941. The van der Waals surface area contributed by atoms with E-state index in [4.69, 9.17) is 0 Å². The standard InChI is InChI=1S/C19H24N2O2/c1-20-12-5-9-18(20)19(23)21-13-3-2-7-16(21)11-10-15-6-4-8-17(22)14-15/h4-6,8-9,12,14,16,22H,2-3,7,10-11,13H2,1H3/t16-/m0/s1. The van der Waals surface area contributed by atoms with Crippen molar-refractivity contribution in [3.63, 3.8) is 0 Å². The van der Waals surface area contributed by atoms with Gasteiger partial charge in [-0.1, -0.05) is 12.1 Å². The van der Waals surface area contributed by atoms with Crippen molar-refractivity contribution in [1.29, 1.82) is 0 Å². The van der Waals surface area contributed by atoms with E-state index >= 15 is 0 Å². The van der Waals surface area contributed by atoms with Gasteiger partial charge >= 0.3 is 0 Å². The van der Waals surface area contributed by atoms with Gasteiger partial charge < -0.3 is 14.6 Å². The average molecular weight is 312 g/mol. The SMILES string of the molecule is Cn1cccc1C(=O)N1CCCC[C@H]1CCc1cccc(O)c1. The predicted molar refractivity (Wildman–Crippen MR) is 90.5 cm³/mol. The number of rotatable bonds is 4. The molecule has 23 heavy (non-hydrogen) atoms. The fourth-order valence-corrected chi connectivity index (χ4v) is 3.44. The zero-order valence-electron chi connectivity index (χ0n) is 13.6. The first-order chi connectivity index (χ1) is 11.1. The Morgan fingerprint density at radius 3 is 2.87 bits per heavy atom. The summed E-state index contributed by atoms with van der Waals surface area (Å²) in [7, 11) is 1.92. The molecule has 1 aromatic heterocycles. The van der Waals surface area contributed by atoms with Crippen LogP contribution in [0, 0.1) is 0 Å². The number of carbonyl (C=O) groups is 1. The highest BCUT2D eigenvalue weighted by Crippen LogP contribution is 2.24. The summed E-state index contributed by atoms with van der Waals surface area (Å²) in [5.41, 5.74) is 1.89. The number of likely N-dealkylation sites (tertiary alicyclic amines) is 1. The number of nitrogens with zero attached hydrogens (tertiary/aromatic N) is 2. The first-order valence-corrected chi connectivity index (χ1v) is 8.35. The number of phenols is 1. The Hall–Kier alpha value is -2.23. The molecule has 1 aromatic carbocycles. The second kappa shape index (κ2) is 6.90. The van der Waals surface area contributed by atoms with Gasteiger partial charge in [0.2, 0.25) is 0 Å². The van der Waals surface area contributed by atoms with Gasteiger partial charge in [-0.2, -0.15) is 0 Å². The first kappa shape index (κ1) is 15.7. The molecule has 0 saturated carbocycles. The lowest BCUT2D eigenvalue weighted by atomic mass is 9.95. The van der Waals surface area contributed by atoms with Crippen molar-refractivity contribution in [2.75, 3.05) is 6.54 Å². The zero-order chi connectivity index (χ0) is 16.2. The number of aromatic hydroxyl groups is 1. The molecular weight excluding hydrogens is 288 g/mol. The first-order valence-electron chi connectivity index (χ1n) is 8.35. The van der Waals surface area contributed by atoms with Gasteiger partial charge in [0.1, 0.15) is 11.4 Å². The second-order valence-corrected chi connectivity index (χ2v) is 6.36. The van der Waals surface area contributed by atoms with E-state index in [1.165, 1.54) is 6.42 Å². The van der Waals surface area contributed by atoms with Crippen LogP contribution in [0.4, 0.5) is 0 Å². The zero-order valence-corrected chi connectivity index (χ0v) is 13.6. The Kier molecular flexibility index (Phi) is 4.70. The van der Waals surface area contributed by atoms with Crippen LogP contribution in [0.15, 0.2) is 42.6 Å². The molecule has 2 aromatic rings. The third kappa shape index (κ3) is 3.58. The Morgan fingerprint density at radius 1 is 1.26 bits per heavy atom. The summed E-state index contributed by atoms with van der Waals surface area (Å²) >= 11 is 0. The Balaban J connectivity index is 1.69. The van der Waals surface area contributed by atoms with Crippen molar-refractivity contribution in [1.82, 2.24) is 9.47 Å². The molecule has 0 unspecified atom stereocenters. The minimum atomic E-state index is 0.137. The molecule has 0 radical (unpaired) electrons. The van der Waals surface area contributed by atoms with E-state index in [0.717, 1.165) is 43.5 Å². The monoisotopic (exact) mass is 312 g/mol. The highest BCUT2D eigenvalue weighted by molar-refractivity contribution is 5.93. The predicted octanol–water partition coefficient (Wildman–Crippen LogP) is 3.36. The molecular formula is C19H24N2O2. The summed E-state index contributed by atoms with van der Waals surface area (Å²) in [5, 5.41) is 9.58. The Bertz CT molecular complexity index is 678. The fraction of sp³-hybridized carbons (Fsp3) is 0.421. The van der Waals surface area contributed by atoms with Crippen LogP contribution in [-0.4, -0.2) is 33.1 Å². The molecule has 1 aliphatic heterocycles. The lowest BCUT2D eigenvalue weighted by Crippen LogP contribution is -2.44. The minimum absolute atomic E-state index is 0.137. The third-order valence-corrected chi connectivity index (χ3v) is 4.73. The lowest BCUT2D eigenvalue weighted by Gasteiger charge is -2.36. The number of aromatic nitrogens is 1. The maximum absolute atomic E-state index is 12.8. The van der Waals surface area contributed by atoms with Gasteiger partial charge in [-0.3, -0.25) is 4.79 Å². The summed E-state index contributed by atoms with van der Waals surface area (Å²) < 4.78 is 1.89. The number of phenolic OH excluding ortho intramolecular Hbond substituents is 1. The molecule has 0 bridgehead atoms. The van der Waals surface area contributed by atoms with Crippen molar-refractivity contribution in [3.05, 3.63) is 53.9 Å². The van der Waals surface area contributed by atoms with Gasteiger partial charge in [-0.25, -0.2) is 0 Å². The van der Waals surface area contributed by atoms with Crippen LogP contribution >= 0.6 is 0 Å². The van der Waals surface area contributed by atoms with E-state index in [-0.39, 0.29) is 11.9 Å². The number of amides is 1. The van der Waals surface area contributed by atoms with Crippen LogP contribution in [0.3, 0.4) is 0 Å². The van der Waals surface area contributed by atoms with Crippen LogP contribution in [0.25, 0.3) is 0 Å². The average Bonchev–Trinajstić information content (AvgIpc) is 2.99. The van der Waals surface area contributed by atoms with Crippen LogP contribution in [-0.2, 0) is 13.5 Å². The molecule has 1 atom stereocenters. The summed E-state index contributed by atoms with van der Waals surface area (Å²) in [6.07, 6.45) is 7.07. The third-order valence-electron chi connectivity index (χ3n) is 4.73. The van der Waals surface area contributed by atoms with Crippen molar-refractivity contribution in [2.45, 2.75) is 38.1 Å². The molecule has 1 N–H and O–H groups in total. The molecule has 1 saturated heterocycles. The molecule has 0 aliphatic carbocycles. The van der Waals surface area contributed by atoms with E-state index in [9.17, 15) is 9.90 Å². The van der Waals surface area contributed by atoms with Crippen LogP contribution in [0.1, 0.15) is 41.7 Å². The van der Waals surface area contributed by atoms with Crippen LogP contribution < -0.4 is 0 Å². The summed E-state index contributed by atoms with van der Waals surface area (Å²) in [4.78, 5) is 14.9. The van der Waals surface area contributed by atoms with Gasteiger partial charge in [0, 0.05) is 25.8 Å². The van der Waals surface area contributed by atoms with Gasteiger partial charge in [-0.05, 0) is 61.9 Å². The minimum Gasteiger partial charge on any atom is -0.508 e. The largest absolute Gasteiger partial charge is 0.508 e. The van der Waals surface area contributed by atoms with Gasteiger partial charge in [0.15, 0.2) is 0 Å². The van der Waals surface area contributed by atoms with E-state index in [0.29, 0.717) is 5.75 Å². The maximum Gasteiger partial charge on any atom is 0.270 e. The van der Waals surface area contributed by atoms with E-state index in [1.807, 2.05) is 53.0 Å². The second-order valence-electron chi connectivity index (χ2n) is 6.36. The smallest absolute Gasteiger partial charge is 0.270 e. The molecule has 3 rings (SSSR count). The number of piperidine rings is 1. The maximum atomic E-state index is 12.8. The number of hydrogen-bond acceptors (Lipinski definition) is 2. The van der Waals surface area contributed by atoms with Gasteiger partial charge in [-0.15, -0.1) is 0 Å². The molecule has 1 aliphatic rings. The summed E-state index contributed by atoms with van der Waals surface area (Å²) in [6.45, 7) is 0.842. The highest BCUT2D eigenvalue weighted by Gasteiger charge is 2.28. The Morgan fingerprint density at radius 2 is 2.13 bits per heavy atom. The highest BCUT2D eigenvalue weighted by atomic mass is 16.3. The number of carbonyl (C=O) groups excluding carboxylic acids is 1. The van der Waals surface area contributed by atoms with Crippen LogP contribution in [0.2, 0.25) is 0 Å².